The van der Waals surface area contributed by atoms with E-state index in [1.165, 1.54) is 6.20 Å². The number of carbonyl (C=O) groups excluding carboxylic acids is 1. The van der Waals surface area contributed by atoms with Gasteiger partial charge in [-0.15, -0.1) is 0 Å². The van der Waals surface area contributed by atoms with Gasteiger partial charge in [-0.3, -0.25) is 19.5 Å². The summed E-state index contributed by atoms with van der Waals surface area (Å²) < 4.78 is 14.6. The Morgan fingerprint density at radius 3 is 2.57 bits per heavy atom. The number of ketones is 1. The van der Waals surface area contributed by atoms with E-state index in [1.807, 2.05) is 59.8 Å². The van der Waals surface area contributed by atoms with E-state index in [4.69, 9.17) is 32.7 Å². The molecule has 2 N–H and O–H groups in total. The molecule has 4 heterocycles. The maximum atomic E-state index is 13.5. The molecular formula is C43H42Cl2N6O5. The number of imidazole rings is 1. The number of nitriles is 1. The first-order valence-electron chi connectivity index (χ1n) is 18.6. The second-order valence-electron chi connectivity index (χ2n) is 14.3. The average Bonchev–Trinajstić information content (AvgIpc) is 3.55. The molecule has 0 unspecified atom stereocenters. The summed E-state index contributed by atoms with van der Waals surface area (Å²) in [5.74, 6) is 0.399. The predicted molar refractivity (Wildman–Crippen MR) is 213 cm³/mol. The minimum absolute atomic E-state index is 0.0870. The number of rotatable bonds is 13. The lowest BCUT2D eigenvalue weighted by Crippen LogP contribution is -2.44. The summed E-state index contributed by atoms with van der Waals surface area (Å²) in [5.41, 5.74) is 8.19. The van der Waals surface area contributed by atoms with Crippen LogP contribution in [0, 0.1) is 18.3 Å². The molecule has 2 aliphatic heterocycles. The van der Waals surface area contributed by atoms with Crippen LogP contribution in [0.15, 0.2) is 67.0 Å². The Balaban J connectivity index is 1.12. The van der Waals surface area contributed by atoms with Crippen molar-refractivity contribution >= 4 is 35.0 Å². The minimum Gasteiger partial charge on any atom is -0.488 e. The number of benzene rings is 3. The Bertz CT molecular complexity index is 2340. The van der Waals surface area contributed by atoms with Crippen LogP contribution in [0.3, 0.4) is 0 Å². The monoisotopic (exact) mass is 792 g/mol. The number of likely N-dealkylation sites (tertiary alicyclic amines) is 1. The largest absolute Gasteiger partial charge is 0.488 e. The number of carboxylic acid groups (broad SMARTS) is 1. The molecule has 0 spiro atoms. The number of Topliss-reactive ketones (excluding diaryl/α,β-unsaturated/α-hetero) is 1. The normalized spacial score (nSPS) is 15.5. The zero-order chi connectivity index (χ0) is 39.3. The van der Waals surface area contributed by atoms with E-state index in [0.717, 1.165) is 70.6 Å². The third kappa shape index (κ3) is 8.44. The van der Waals surface area contributed by atoms with E-state index < -0.39 is 12.0 Å². The number of fused-ring (bicyclic) bond motifs is 1. The van der Waals surface area contributed by atoms with Gasteiger partial charge in [-0.05, 0) is 60.7 Å². The predicted octanol–water partition coefficient (Wildman–Crippen LogP) is 7.64. The number of nitrogens with one attached hydrogen (secondary N) is 1. The molecule has 13 heteroatoms. The molecule has 2 aromatic heterocycles. The molecule has 0 radical (unpaired) electrons. The number of carbonyl (C=O) groups is 2. The van der Waals surface area contributed by atoms with Gasteiger partial charge in [0.05, 0.1) is 21.3 Å². The highest BCUT2D eigenvalue weighted by atomic mass is 35.5. The van der Waals surface area contributed by atoms with Gasteiger partial charge in [0.2, 0.25) is 5.78 Å². The molecule has 5 aromatic rings. The van der Waals surface area contributed by atoms with Crippen LogP contribution in [-0.4, -0.2) is 55.4 Å². The standard InChI is InChI=1S/C43H42Cl2N6O5/c1-26-30(8-6-9-32(26)33-10-5-7-29(41(33)45)17-38(52)42-49-35-22-47-13-12-36(35)50(42)2)25-56-40-18-39(55-24-28-15-27(19-46)20-48-21-28)31(16-34(40)44)23-51-14-4-3-11-37(51)43(53)54/h5-10,15-16,18,20-21,37,47H,3-4,11-14,17,22-25H2,1-2H3,(H,53,54)/t37-/m0/s1. The molecule has 0 aliphatic carbocycles. The highest BCUT2D eigenvalue weighted by Gasteiger charge is 2.30. The molecule has 0 bridgehead atoms. The number of nitrogens with zero attached hydrogens (tertiary/aromatic N) is 5. The number of hydrogen-bond donors (Lipinski definition) is 2. The zero-order valence-electron chi connectivity index (χ0n) is 31.3. The summed E-state index contributed by atoms with van der Waals surface area (Å²) in [5, 5.41) is 23.5. The van der Waals surface area contributed by atoms with E-state index in [-0.39, 0.29) is 25.4 Å². The number of aromatic nitrogens is 3. The smallest absolute Gasteiger partial charge is 0.320 e. The highest BCUT2D eigenvalue weighted by Crippen LogP contribution is 2.38. The van der Waals surface area contributed by atoms with Gasteiger partial charge in [0.15, 0.2) is 5.82 Å². The number of carboxylic acids is 1. The van der Waals surface area contributed by atoms with Gasteiger partial charge < -0.3 is 24.5 Å². The fourth-order valence-corrected chi connectivity index (χ4v) is 8.12. The van der Waals surface area contributed by atoms with Crippen molar-refractivity contribution in [3.8, 4) is 28.7 Å². The van der Waals surface area contributed by atoms with Crippen LogP contribution in [0.1, 0.15) is 74.6 Å². The van der Waals surface area contributed by atoms with Crippen LogP contribution >= 0.6 is 23.2 Å². The van der Waals surface area contributed by atoms with E-state index >= 15 is 0 Å². The van der Waals surface area contributed by atoms with E-state index in [2.05, 4.69) is 21.4 Å². The lowest BCUT2D eigenvalue weighted by Gasteiger charge is -2.33. The first-order valence-corrected chi connectivity index (χ1v) is 19.4. The number of aliphatic carboxylic acids is 1. The van der Waals surface area contributed by atoms with Gasteiger partial charge in [0.1, 0.15) is 36.8 Å². The third-order valence-electron chi connectivity index (χ3n) is 10.6. The first-order chi connectivity index (χ1) is 27.1. The summed E-state index contributed by atoms with van der Waals surface area (Å²) in [7, 11) is 1.90. The highest BCUT2D eigenvalue weighted by molar-refractivity contribution is 6.34. The van der Waals surface area contributed by atoms with Crippen LogP contribution in [0.2, 0.25) is 10.0 Å². The lowest BCUT2D eigenvalue weighted by atomic mass is 9.94. The van der Waals surface area contributed by atoms with Crippen molar-refractivity contribution in [1.29, 1.82) is 5.26 Å². The second-order valence-corrected chi connectivity index (χ2v) is 15.0. The summed E-state index contributed by atoms with van der Waals surface area (Å²) >= 11 is 13.9. The molecule has 2 aliphatic rings. The SMILES string of the molecule is Cc1c(COc2cc(OCc3cncc(C#N)c3)c(CN3CCCC[C@H]3C(=O)O)cc2Cl)cccc1-c1cccc(CC(=O)c2nc3c(n2C)CCNC3)c1Cl. The van der Waals surface area contributed by atoms with Crippen LogP contribution in [0.25, 0.3) is 11.1 Å². The molecular weight excluding hydrogens is 751 g/mol. The molecule has 1 saturated heterocycles. The Hall–Kier alpha value is -5.25. The van der Waals surface area contributed by atoms with Crippen LogP contribution in [0.4, 0.5) is 0 Å². The van der Waals surface area contributed by atoms with Crippen molar-refractivity contribution < 1.29 is 24.2 Å². The van der Waals surface area contributed by atoms with Gasteiger partial charge >= 0.3 is 5.97 Å². The summed E-state index contributed by atoms with van der Waals surface area (Å²) in [6.07, 6.45) is 6.41. The van der Waals surface area contributed by atoms with Crippen LogP contribution in [0.5, 0.6) is 11.5 Å². The van der Waals surface area contributed by atoms with E-state index in [1.54, 1.807) is 24.4 Å². The number of piperidine rings is 1. The van der Waals surface area contributed by atoms with Gasteiger partial charge in [-0.2, -0.15) is 5.26 Å². The quantitative estimate of drug-likeness (QED) is 0.114. The molecule has 7 rings (SSSR count). The molecule has 1 fully saturated rings. The lowest BCUT2D eigenvalue weighted by molar-refractivity contribution is -0.144. The zero-order valence-corrected chi connectivity index (χ0v) is 32.8. The second kappa shape index (κ2) is 17.3. The molecule has 56 heavy (non-hydrogen) atoms. The number of hydrogen-bond acceptors (Lipinski definition) is 9. The number of pyridine rings is 1. The Labute approximate surface area is 335 Å². The maximum absolute atomic E-state index is 13.5. The van der Waals surface area contributed by atoms with Crippen LogP contribution < -0.4 is 14.8 Å². The minimum atomic E-state index is -0.850. The molecule has 1 atom stereocenters. The number of halogens is 2. The van der Waals surface area contributed by atoms with Gasteiger partial charge in [-0.25, -0.2) is 4.98 Å². The van der Waals surface area contributed by atoms with Crippen molar-refractivity contribution in [2.24, 2.45) is 7.05 Å². The van der Waals surface area contributed by atoms with Crippen molar-refractivity contribution in [2.75, 3.05) is 13.1 Å². The molecule has 288 valence electrons. The van der Waals surface area contributed by atoms with Crippen molar-refractivity contribution in [1.82, 2.24) is 24.8 Å². The van der Waals surface area contributed by atoms with Crippen LogP contribution in [-0.2, 0) is 51.0 Å². The van der Waals surface area contributed by atoms with E-state index in [0.29, 0.717) is 64.6 Å². The molecule has 3 aromatic carbocycles. The van der Waals surface area contributed by atoms with Crippen molar-refractivity contribution in [2.45, 2.75) is 71.4 Å². The summed E-state index contributed by atoms with van der Waals surface area (Å²) in [6, 6.07) is 18.4. The Kier molecular flexibility index (Phi) is 12.0. The van der Waals surface area contributed by atoms with E-state index in [9.17, 15) is 20.0 Å². The van der Waals surface area contributed by atoms with Crippen molar-refractivity contribution in [3.63, 3.8) is 0 Å². The maximum Gasteiger partial charge on any atom is 0.320 e. The Morgan fingerprint density at radius 2 is 1.79 bits per heavy atom. The first kappa shape index (κ1) is 39.0. The Morgan fingerprint density at radius 1 is 1.00 bits per heavy atom. The van der Waals surface area contributed by atoms with Crippen molar-refractivity contribution in [3.05, 3.63) is 128 Å². The molecule has 0 amide bonds. The fraction of sp³-hybridized carbons (Fsp3) is 0.326. The fourth-order valence-electron chi connectivity index (χ4n) is 7.58. The average molecular weight is 794 g/mol. The molecule has 0 saturated carbocycles. The summed E-state index contributed by atoms with van der Waals surface area (Å²) in [4.78, 5) is 36.3. The summed E-state index contributed by atoms with van der Waals surface area (Å²) in [6.45, 7) is 4.82. The number of ether oxygens (including phenoxy) is 2. The third-order valence-corrected chi connectivity index (χ3v) is 11.4. The topological polar surface area (TPSA) is 143 Å². The van der Waals surface area contributed by atoms with Gasteiger partial charge in [-0.1, -0.05) is 66.0 Å². The van der Waals surface area contributed by atoms with Gasteiger partial charge in [0.25, 0.3) is 0 Å². The molecule has 11 nitrogen and oxygen atoms in total. The van der Waals surface area contributed by atoms with Gasteiger partial charge in [0, 0.05) is 80.4 Å².